The summed E-state index contributed by atoms with van der Waals surface area (Å²) in [6.45, 7) is 0. The zero-order valence-electron chi connectivity index (χ0n) is 14.5. The van der Waals surface area contributed by atoms with Crippen molar-refractivity contribution in [2.24, 2.45) is 0 Å². The molecule has 4 aromatic rings. The number of para-hydroxylation sites is 1. The molecule has 0 saturated heterocycles. The number of anilines is 1. The molecule has 8 nitrogen and oxygen atoms in total. The lowest BCUT2D eigenvalue weighted by Crippen LogP contribution is -2.11. The molecule has 0 spiro atoms. The first kappa shape index (κ1) is 18.1. The van der Waals surface area contributed by atoms with Crippen LogP contribution in [0.2, 0.25) is 0 Å². The molecule has 0 aliphatic heterocycles. The monoisotopic (exact) mass is 414 g/mol. The SMILES string of the molecule is CS(=O)(=O)c1ccc2nc(NC(=O)c3cc(-c4ccccc4O)n[nH]3)sc2c1. The van der Waals surface area contributed by atoms with Crippen molar-refractivity contribution < 1.29 is 18.3 Å². The predicted octanol–water partition coefficient (Wildman–Crippen LogP) is 3.05. The lowest BCUT2D eigenvalue weighted by molar-refractivity contribution is 0.102. The Labute approximate surface area is 163 Å². The van der Waals surface area contributed by atoms with E-state index in [4.69, 9.17) is 0 Å². The minimum Gasteiger partial charge on any atom is -0.507 e. The van der Waals surface area contributed by atoms with Gasteiger partial charge in [-0.15, -0.1) is 0 Å². The molecule has 10 heteroatoms. The number of aromatic nitrogens is 3. The first-order valence-electron chi connectivity index (χ1n) is 8.07. The van der Waals surface area contributed by atoms with Gasteiger partial charge >= 0.3 is 0 Å². The van der Waals surface area contributed by atoms with Crippen molar-refractivity contribution in [3.05, 3.63) is 54.2 Å². The van der Waals surface area contributed by atoms with E-state index in [2.05, 4.69) is 20.5 Å². The molecule has 0 fully saturated rings. The van der Waals surface area contributed by atoms with Crippen LogP contribution in [0, 0.1) is 0 Å². The Bertz CT molecular complexity index is 1310. The Kier molecular flexibility index (Phi) is 4.36. The van der Waals surface area contributed by atoms with E-state index < -0.39 is 15.7 Å². The number of thiazole rings is 1. The van der Waals surface area contributed by atoms with Crippen molar-refractivity contribution in [3.8, 4) is 17.0 Å². The van der Waals surface area contributed by atoms with Crippen LogP contribution >= 0.6 is 11.3 Å². The average Bonchev–Trinajstić information content (AvgIpc) is 3.27. The Morgan fingerprint density at radius 2 is 1.96 bits per heavy atom. The van der Waals surface area contributed by atoms with Crippen LogP contribution in [0.15, 0.2) is 53.4 Å². The highest BCUT2D eigenvalue weighted by atomic mass is 32.2. The van der Waals surface area contributed by atoms with Crippen molar-refractivity contribution in [3.63, 3.8) is 0 Å². The van der Waals surface area contributed by atoms with Crippen LogP contribution in [0.4, 0.5) is 5.13 Å². The number of carbonyl (C=O) groups is 1. The topological polar surface area (TPSA) is 125 Å². The number of fused-ring (bicyclic) bond motifs is 1. The number of phenolic OH excluding ortho intramolecular Hbond substituents is 1. The fraction of sp³-hybridized carbons (Fsp3) is 0.0556. The molecule has 0 bridgehead atoms. The summed E-state index contributed by atoms with van der Waals surface area (Å²) in [4.78, 5) is 17.0. The van der Waals surface area contributed by atoms with Gasteiger partial charge < -0.3 is 5.11 Å². The summed E-state index contributed by atoms with van der Waals surface area (Å²) in [5.74, 6) is -0.384. The molecule has 0 atom stereocenters. The number of benzene rings is 2. The molecule has 28 heavy (non-hydrogen) atoms. The van der Waals surface area contributed by atoms with Gasteiger partial charge in [0.2, 0.25) is 0 Å². The number of nitrogens with zero attached hydrogens (tertiary/aromatic N) is 2. The fourth-order valence-corrected chi connectivity index (χ4v) is 4.24. The minimum atomic E-state index is -3.32. The van der Waals surface area contributed by atoms with Gasteiger partial charge in [0, 0.05) is 11.8 Å². The second kappa shape index (κ2) is 6.73. The number of hydrogen-bond acceptors (Lipinski definition) is 7. The average molecular weight is 414 g/mol. The molecule has 3 N–H and O–H groups in total. The molecule has 0 aliphatic carbocycles. The van der Waals surface area contributed by atoms with Crippen molar-refractivity contribution >= 4 is 42.4 Å². The van der Waals surface area contributed by atoms with Crippen LogP contribution in [-0.2, 0) is 9.84 Å². The number of aromatic hydroxyl groups is 1. The maximum absolute atomic E-state index is 12.5. The normalized spacial score (nSPS) is 11.6. The number of sulfone groups is 1. The summed E-state index contributed by atoms with van der Waals surface area (Å²) in [5, 5.41) is 19.6. The molecule has 0 saturated carbocycles. The second-order valence-electron chi connectivity index (χ2n) is 6.06. The zero-order valence-corrected chi connectivity index (χ0v) is 16.1. The molecule has 0 aliphatic rings. The predicted molar refractivity (Wildman–Crippen MR) is 106 cm³/mol. The van der Waals surface area contributed by atoms with Crippen LogP contribution in [0.25, 0.3) is 21.5 Å². The van der Waals surface area contributed by atoms with Crippen LogP contribution in [0.3, 0.4) is 0 Å². The maximum atomic E-state index is 12.5. The Morgan fingerprint density at radius 3 is 2.71 bits per heavy atom. The van der Waals surface area contributed by atoms with E-state index in [1.54, 1.807) is 24.3 Å². The smallest absolute Gasteiger partial charge is 0.275 e. The van der Waals surface area contributed by atoms with E-state index >= 15 is 0 Å². The Hall–Kier alpha value is -3.24. The number of rotatable bonds is 4. The summed E-state index contributed by atoms with van der Waals surface area (Å²) in [6.07, 6.45) is 1.14. The van der Waals surface area contributed by atoms with Gasteiger partial charge in [0.25, 0.3) is 5.91 Å². The molecule has 0 radical (unpaired) electrons. The summed E-state index contributed by atoms with van der Waals surface area (Å²) in [6, 6.07) is 12.8. The molecular formula is C18H14N4O4S2. The van der Waals surface area contributed by atoms with Gasteiger partial charge in [0.05, 0.1) is 20.8 Å². The van der Waals surface area contributed by atoms with Gasteiger partial charge in [-0.25, -0.2) is 13.4 Å². The fourth-order valence-electron chi connectivity index (χ4n) is 2.62. The third kappa shape index (κ3) is 3.47. The third-order valence-electron chi connectivity index (χ3n) is 4.01. The van der Waals surface area contributed by atoms with Crippen molar-refractivity contribution in [1.29, 1.82) is 0 Å². The van der Waals surface area contributed by atoms with Crippen LogP contribution in [0.1, 0.15) is 10.5 Å². The summed E-state index contributed by atoms with van der Waals surface area (Å²) in [7, 11) is -3.32. The highest BCUT2D eigenvalue weighted by molar-refractivity contribution is 7.90. The van der Waals surface area contributed by atoms with E-state index in [1.807, 2.05) is 0 Å². The van der Waals surface area contributed by atoms with Gasteiger partial charge in [-0.3, -0.25) is 15.2 Å². The first-order chi connectivity index (χ1) is 13.3. The van der Waals surface area contributed by atoms with E-state index in [0.717, 1.165) is 6.26 Å². The minimum absolute atomic E-state index is 0.0637. The van der Waals surface area contributed by atoms with E-state index in [-0.39, 0.29) is 16.3 Å². The number of H-pyrrole nitrogens is 1. The molecule has 2 heterocycles. The maximum Gasteiger partial charge on any atom is 0.275 e. The molecule has 2 aromatic heterocycles. The zero-order chi connectivity index (χ0) is 19.9. The van der Waals surface area contributed by atoms with Crippen molar-refractivity contribution in [2.75, 3.05) is 11.6 Å². The van der Waals surface area contributed by atoms with Gasteiger partial charge in [0.1, 0.15) is 11.4 Å². The first-order valence-corrected chi connectivity index (χ1v) is 10.8. The van der Waals surface area contributed by atoms with Crippen molar-refractivity contribution in [1.82, 2.24) is 15.2 Å². The number of hydrogen-bond donors (Lipinski definition) is 3. The standard InChI is InChI=1S/C18H14N4O4S2/c1-28(25,26)10-6-7-12-16(8-10)27-18(19-12)20-17(24)14-9-13(21-22-14)11-4-2-3-5-15(11)23/h2-9,23H,1H3,(H,21,22)(H,19,20,24). The molecular weight excluding hydrogens is 400 g/mol. The molecule has 1 amide bonds. The van der Waals surface area contributed by atoms with Gasteiger partial charge in [-0.1, -0.05) is 23.5 Å². The molecule has 0 unspecified atom stereocenters. The Balaban J connectivity index is 1.58. The molecule has 4 rings (SSSR count). The van der Waals surface area contributed by atoms with Crippen molar-refractivity contribution in [2.45, 2.75) is 4.90 Å². The number of amides is 1. The summed E-state index contributed by atoms with van der Waals surface area (Å²) >= 11 is 1.17. The van der Waals surface area contributed by atoms with E-state index in [9.17, 15) is 18.3 Å². The highest BCUT2D eigenvalue weighted by Crippen LogP contribution is 2.29. The van der Waals surface area contributed by atoms with Gasteiger partial charge in [-0.2, -0.15) is 5.10 Å². The quantitative estimate of drug-likeness (QED) is 0.471. The number of carbonyl (C=O) groups excluding carboxylic acids is 1. The third-order valence-corrected chi connectivity index (χ3v) is 6.05. The highest BCUT2D eigenvalue weighted by Gasteiger charge is 2.16. The largest absolute Gasteiger partial charge is 0.507 e. The number of aromatic amines is 1. The van der Waals surface area contributed by atoms with E-state index in [1.165, 1.54) is 35.6 Å². The number of nitrogens with one attached hydrogen (secondary N) is 2. The van der Waals surface area contributed by atoms with E-state index in [0.29, 0.717) is 26.6 Å². The lowest BCUT2D eigenvalue weighted by atomic mass is 10.1. The van der Waals surface area contributed by atoms with Crippen LogP contribution in [0.5, 0.6) is 5.75 Å². The lowest BCUT2D eigenvalue weighted by Gasteiger charge is -1.99. The van der Waals surface area contributed by atoms with Gasteiger partial charge in [0.15, 0.2) is 15.0 Å². The molecule has 2 aromatic carbocycles. The van der Waals surface area contributed by atoms with Crippen LogP contribution < -0.4 is 5.32 Å². The second-order valence-corrected chi connectivity index (χ2v) is 9.11. The summed E-state index contributed by atoms with van der Waals surface area (Å²) in [5.41, 5.74) is 1.73. The Morgan fingerprint density at radius 1 is 1.18 bits per heavy atom. The number of phenols is 1. The molecule has 142 valence electrons. The van der Waals surface area contributed by atoms with Crippen LogP contribution in [-0.4, -0.2) is 40.9 Å². The summed E-state index contributed by atoms with van der Waals surface area (Å²) < 4.78 is 24.0. The van der Waals surface area contributed by atoms with Gasteiger partial charge in [-0.05, 0) is 36.4 Å².